The van der Waals surface area contributed by atoms with Crippen LogP contribution < -0.4 is 5.32 Å². The number of amides is 1. The van der Waals surface area contributed by atoms with Crippen molar-refractivity contribution in [3.8, 4) is 0 Å². The lowest BCUT2D eigenvalue weighted by Gasteiger charge is -2.35. The lowest BCUT2D eigenvalue weighted by molar-refractivity contribution is -0.168. The standard InChI is InChI=1S/C16H26N2O4/c1-14(2)15(3)4-5-16(14,22-13(15)20)12(19)17-6-7-18-8-10-21-11-9-18/h4-11H2,1-3H3,(H,17,19)/t15-,16-/m1/s1. The van der Waals surface area contributed by atoms with Crippen LogP contribution in [0.15, 0.2) is 0 Å². The number of carbonyl (C=O) groups excluding carboxylic acids is 2. The van der Waals surface area contributed by atoms with E-state index in [4.69, 9.17) is 9.47 Å². The molecule has 0 radical (unpaired) electrons. The number of ether oxygens (including phenoxy) is 2. The number of hydrogen-bond acceptors (Lipinski definition) is 5. The Balaban J connectivity index is 1.61. The van der Waals surface area contributed by atoms with Crippen molar-refractivity contribution in [2.45, 2.75) is 39.2 Å². The predicted octanol–water partition coefficient (Wildman–Crippen LogP) is 0.557. The molecule has 6 nitrogen and oxygen atoms in total. The average Bonchev–Trinajstić information content (AvgIpc) is 2.78. The minimum absolute atomic E-state index is 0.139. The summed E-state index contributed by atoms with van der Waals surface area (Å²) in [5, 5.41) is 2.99. The molecule has 0 aromatic heterocycles. The lowest BCUT2D eigenvalue weighted by atomic mass is 9.66. The van der Waals surface area contributed by atoms with Crippen molar-refractivity contribution in [3.63, 3.8) is 0 Å². The number of hydrogen-bond donors (Lipinski definition) is 1. The molecule has 2 atom stereocenters. The maximum Gasteiger partial charge on any atom is 0.313 e. The van der Waals surface area contributed by atoms with E-state index in [1.165, 1.54) is 0 Å². The molecular formula is C16H26N2O4. The van der Waals surface area contributed by atoms with Gasteiger partial charge < -0.3 is 14.8 Å². The summed E-state index contributed by atoms with van der Waals surface area (Å²) in [5.74, 6) is -0.368. The second-order valence-corrected chi connectivity index (χ2v) is 7.38. The van der Waals surface area contributed by atoms with Gasteiger partial charge in [0.15, 0.2) is 5.60 Å². The molecule has 1 aliphatic carbocycles. The van der Waals surface area contributed by atoms with Gasteiger partial charge in [0.1, 0.15) is 0 Å². The number of rotatable bonds is 4. The molecule has 0 aromatic carbocycles. The summed E-state index contributed by atoms with van der Waals surface area (Å²) in [7, 11) is 0. The number of nitrogens with one attached hydrogen (secondary N) is 1. The van der Waals surface area contributed by atoms with Gasteiger partial charge in [0, 0.05) is 31.6 Å². The Hall–Kier alpha value is -1.14. The van der Waals surface area contributed by atoms with E-state index in [1.807, 2.05) is 20.8 Å². The summed E-state index contributed by atoms with van der Waals surface area (Å²) in [6.07, 6.45) is 1.33. The van der Waals surface area contributed by atoms with Crippen LogP contribution in [0.25, 0.3) is 0 Å². The highest BCUT2D eigenvalue weighted by atomic mass is 16.6. The lowest BCUT2D eigenvalue weighted by Crippen LogP contribution is -2.54. The maximum atomic E-state index is 12.7. The third-order valence-corrected chi connectivity index (χ3v) is 6.27. The van der Waals surface area contributed by atoms with Gasteiger partial charge in [0.25, 0.3) is 5.91 Å². The molecule has 1 amide bonds. The zero-order valence-electron chi connectivity index (χ0n) is 13.7. The second-order valence-electron chi connectivity index (χ2n) is 7.38. The van der Waals surface area contributed by atoms with Crippen LogP contribution in [0, 0.1) is 10.8 Å². The molecule has 22 heavy (non-hydrogen) atoms. The van der Waals surface area contributed by atoms with Crippen molar-refractivity contribution in [3.05, 3.63) is 0 Å². The van der Waals surface area contributed by atoms with Crippen LogP contribution in [0.4, 0.5) is 0 Å². The zero-order valence-corrected chi connectivity index (χ0v) is 13.7. The smallest absolute Gasteiger partial charge is 0.313 e. The first kappa shape index (κ1) is 15.7. The summed E-state index contributed by atoms with van der Waals surface area (Å²) < 4.78 is 10.9. The van der Waals surface area contributed by atoms with E-state index in [9.17, 15) is 9.59 Å². The quantitative estimate of drug-likeness (QED) is 0.768. The summed E-state index contributed by atoms with van der Waals surface area (Å²) in [6.45, 7) is 10.6. The van der Waals surface area contributed by atoms with E-state index in [1.54, 1.807) is 0 Å². The molecule has 0 aromatic rings. The van der Waals surface area contributed by atoms with Gasteiger partial charge in [0.05, 0.1) is 18.6 Å². The number of carbonyl (C=O) groups is 2. The number of fused-ring (bicyclic) bond motifs is 2. The van der Waals surface area contributed by atoms with Gasteiger partial charge >= 0.3 is 5.97 Å². The van der Waals surface area contributed by atoms with Crippen LogP contribution in [0.1, 0.15) is 33.6 Å². The van der Waals surface area contributed by atoms with Gasteiger partial charge in [-0.2, -0.15) is 0 Å². The molecular weight excluding hydrogens is 284 g/mol. The number of nitrogens with zero attached hydrogens (tertiary/aromatic N) is 1. The third-order valence-electron chi connectivity index (χ3n) is 6.27. The van der Waals surface area contributed by atoms with Gasteiger partial charge in [-0.1, -0.05) is 13.8 Å². The van der Waals surface area contributed by atoms with E-state index in [2.05, 4.69) is 10.2 Å². The topological polar surface area (TPSA) is 67.9 Å². The molecule has 0 unspecified atom stereocenters. The van der Waals surface area contributed by atoms with E-state index >= 15 is 0 Å². The Bertz CT molecular complexity index is 487. The highest BCUT2D eigenvalue weighted by molar-refractivity contribution is 5.96. The van der Waals surface area contributed by atoms with E-state index in [-0.39, 0.29) is 11.9 Å². The van der Waals surface area contributed by atoms with Crippen molar-refractivity contribution in [1.29, 1.82) is 0 Å². The van der Waals surface area contributed by atoms with Crippen LogP contribution >= 0.6 is 0 Å². The summed E-state index contributed by atoms with van der Waals surface area (Å²) in [4.78, 5) is 27.2. The molecule has 3 aliphatic rings. The second kappa shape index (κ2) is 5.20. The van der Waals surface area contributed by atoms with Crippen molar-refractivity contribution >= 4 is 11.9 Å². The van der Waals surface area contributed by atoms with Gasteiger partial charge in [-0.3, -0.25) is 14.5 Å². The van der Waals surface area contributed by atoms with Gasteiger partial charge in [-0.15, -0.1) is 0 Å². The monoisotopic (exact) mass is 310 g/mol. The summed E-state index contributed by atoms with van der Waals surface area (Å²) in [5.41, 5.74) is -2.02. The molecule has 3 fully saturated rings. The van der Waals surface area contributed by atoms with Crippen LogP contribution in [-0.4, -0.2) is 61.8 Å². The third kappa shape index (κ3) is 2.00. The van der Waals surface area contributed by atoms with Crippen molar-refractivity contribution in [2.24, 2.45) is 10.8 Å². The van der Waals surface area contributed by atoms with Crippen molar-refractivity contribution in [2.75, 3.05) is 39.4 Å². The van der Waals surface area contributed by atoms with E-state index in [0.29, 0.717) is 13.0 Å². The fraction of sp³-hybridized carbons (Fsp3) is 0.875. The minimum Gasteiger partial charge on any atom is -0.448 e. The molecule has 124 valence electrons. The molecule has 2 bridgehead atoms. The Morgan fingerprint density at radius 2 is 1.91 bits per heavy atom. The van der Waals surface area contributed by atoms with Crippen LogP contribution in [-0.2, 0) is 19.1 Å². The largest absolute Gasteiger partial charge is 0.448 e. The van der Waals surface area contributed by atoms with Crippen LogP contribution in [0.5, 0.6) is 0 Å². The fourth-order valence-electron chi connectivity index (χ4n) is 4.04. The highest BCUT2D eigenvalue weighted by Gasteiger charge is 2.75. The highest BCUT2D eigenvalue weighted by Crippen LogP contribution is 2.65. The SMILES string of the molecule is CC1(C)[C@]2(C)CC[C@]1(C(=O)NCCN1CCOCC1)OC2=O. The number of esters is 1. The molecule has 2 aliphatic heterocycles. The maximum absolute atomic E-state index is 12.7. The predicted molar refractivity (Wildman–Crippen MR) is 80.2 cm³/mol. The molecule has 2 heterocycles. The Labute approximate surface area is 131 Å². The molecule has 1 N–H and O–H groups in total. The summed E-state index contributed by atoms with van der Waals surface area (Å²) >= 11 is 0. The van der Waals surface area contributed by atoms with Gasteiger partial charge in [-0.05, 0) is 19.8 Å². The van der Waals surface area contributed by atoms with Gasteiger partial charge in [0.2, 0.25) is 0 Å². The molecule has 6 heteroatoms. The zero-order chi connectivity index (χ0) is 16.0. The van der Waals surface area contributed by atoms with Gasteiger partial charge in [-0.25, -0.2) is 0 Å². The Kier molecular flexibility index (Phi) is 3.72. The number of morpholine rings is 1. The normalized spacial score (nSPS) is 37.1. The summed E-state index contributed by atoms with van der Waals surface area (Å²) in [6, 6.07) is 0. The Morgan fingerprint density at radius 3 is 2.45 bits per heavy atom. The van der Waals surface area contributed by atoms with Crippen molar-refractivity contribution < 1.29 is 19.1 Å². The van der Waals surface area contributed by atoms with Crippen LogP contribution in [0.3, 0.4) is 0 Å². The first-order valence-electron chi connectivity index (χ1n) is 8.15. The minimum atomic E-state index is -0.996. The average molecular weight is 310 g/mol. The Morgan fingerprint density at radius 1 is 1.23 bits per heavy atom. The fourth-order valence-corrected chi connectivity index (χ4v) is 4.04. The van der Waals surface area contributed by atoms with Crippen LogP contribution in [0.2, 0.25) is 0 Å². The molecule has 1 saturated carbocycles. The molecule has 3 rings (SSSR count). The van der Waals surface area contributed by atoms with Crippen molar-refractivity contribution in [1.82, 2.24) is 10.2 Å². The van der Waals surface area contributed by atoms with E-state index < -0.39 is 16.4 Å². The van der Waals surface area contributed by atoms with E-state index in [0.717, 1.165) is 39.3 Å². The molecule has 2 saturated heterocycles. The molecule has 0 spiro atoms. The first-order valence-corrected chi connectivity index (χ1v) is 8.15. The first-order chi connectivity index (χ1) is 10.3.